The number of anilines is 3. The van der Waals surface area contributed by atoms with E-state index in [2.05, 4.69) is 11.1 Å². The Labute approximate surface area is 234 Å². The van der Waals surface area contributed by atoms with E-state index < -0.39 is 11.7 Å². The molecule has 4 aromatic rings. The topological polar surface area (TPSA) is 53.4 Å². The molecule has 0 atom stereocenters. The van der Waals surface area contributed by atoms with E-state index in [1.165, 1.54) is 19.9 Å². The number of carbonyl (C=O) groups excluding carboxylic acids is 1. The molecule has 0 unspecified atom stereocenters. The Morgan fingerprint density at radius 2 is 1.45 bits per heavy atom. The normalized spacial score (nSPS) is 11.1. The summed E-state index contributed by atoms with van der Waals surface area (Å²) in [7, 11) is 0. The van der Waals surface area contributed by atoms with Gasteiger partial charge in [-0.3, -0.25) is 4.79 Å². The summed E-state index contributed by atoms with van der Waals surface area (Å²) in [4.78, 5) is 16.4. The van der Waals surface area contributed by atoms with Crippen molar-refractivity contribution in [3.8, 4) is 11.3 Å². The number of aromatic nitrogens is 1. The zero-order valence-corrected chi connectivity index (χ0v) is 23.2. The third kappa shape index (κ3) is 8.70. The minimum atomic E-state index is -4.46. The zero-order chi connectivity index (χ0) is 27.0. The number of aliphatic hydroxyl groups excluding tert-OH is 1. The molecule has 200 valence electrons. The van der Waals surface area contributed by atoms with Gasteiger partial charge in [0.05, 0.1) is 5.76 Å². The summed E-state index contributed by atoms with van der Waals surface area (Å²) in [6, 6.07) is 28.4. The van der Waals surface area contributed by atoms with Gasteiger partial charge in [-0.2, -0.15) is 13.2 Å². The molecule has 0 saturated carbocycles. The number of carbonyl (C=O) groups is 1. The number of allylic oxidation sites excluding steroid dienone is 2. The number of rotatable bonds is 5. The molecule has 1 heterocycles. The zero-order valence-electron chi connectivity index (χ0n) is 20.9. The second-order valence-corrected chi connectivity index (χ2v) is 8.28. The van der Waals surface area contributed by atoms with Crippen LogP contribution in [0.25, 0.3) is 11.3 Å². The third-order valence-corrected chi connectivity index (χ3v) is 5.04. The average Bonchev–Trinajstić information content (AvgIpc) is 2.84. The Morgan fingerprint density at radius 3 is 1.89 bits per heavy atom. The number of hydrogen-bond donors (Lipinski definition) is 1. The van der Waals surface area contributed by atoms with Crippen LogP contribution in [0.2, 0.25) is 0 Å². The van der Waals surface area contributed by atoms with Gasteiger partial charge in [0.25, 0.3) is 0 Å². The molecule has 4 nitrogen and oxygen atoms in total. The van der Waals surface area contributed by atoms with Crippen LogP contribution in [0.5, 0.6) is 0 Å². The number of nitrogens with zero attached hydrogens (tertiary/aromatic N) is 2. The van der Waals surface area contributed by atoms with E-state index in [9.17, 15) is 18.0 Å². The van der Waals surface area contributed by atoms with E-state index in [1.807, 2.05) is 71.6 Å². The molecule has 3 aromatic carbocycles. The van der Waals surface area contributed by atoms with E-state index in [4.69, 9.17) is 5.11 Å². The van der Waals surface area contributed by atoms with Crippen LogP contribution in [0.3, 0.4) is 0 Å². The molecule has 4 rings (SSSR count). The van der Waals surface area contributed by atoms with Gasteiger partial charge in [0, 0.05) is 50.4 Å². The molecule has 0 bridgehead atoms. The fourth-order valence-electron chi connectivity index (χ4n) is 3.61. The first-order chi connectivity index (χ1) is 17.5. The molecule has 0 spiro atoms. The Balaban J connectivity index is 0.000000561. The smallest absolute Gasteiger partial charge is 0.399 e. The average molecular weight is 699 g/mol. The molecule has 0 aliphatic rings. The van der Waals surface area contributed by atoms with Crippen LogP contribution in [0, 0.1) is 13.0 Å². The summed E-state index contributed by atoms with van der Waals surface area (Å²) in [6.45, 7) is 4.48. The van der Waals surface area contributed by atoms with Crippen molar-refractivity contribution in [3.05, 3.63) is 120 Å². The minimum Gasteiger partial charge on any atom is -0.512 e. The first kappa shape index (κ1) is 30.5. The molecule has 0 amide bonds. The van der Waals surface area contributed by atoms with E-state index in [1.54, 1.807) is 25.3 Å². The van der Waals surface area contributed by atoms with Crippen LogP contribution in [0.4, 0.5) is 30.2 Å². The summed E-state index contributed by atoms with van der Waals surface area (Å²) >= 11 is 0. The maximum absolute atomic E-state index is 13.3. The number of alkyl halides is 3. The number of benzene rings is 3. The van der Waals surface area contributed by atoms with Crippen molar-refractivity contribution in [1.82, 2.24) is 4.98 Å². The molecule has 8 heteroatoms. The van der Waals surface area contributed by atoms with E-state index in [0.29, 0.717) is 16.8 Å². The predicted molar refractivity (Wildman–Crippen MR) is 140 cm³/mol. The van der Waals surface area contributed by atoms with Crippen LogP contribution in [-0.4, -0.2) is 15.9 Å². The van der Waals surface area contributed by atoms with E-state index in [0.717, 1.165) is 23.1 Å². The Hall–Kier alpha value is -3.70. The van der Waals surface area contributed by atoms with Gasteiger partial charge in [-0.1, -0.05) is 49.4 Å². The minimum absolute atomic E-state index is 0. The SMILES string of the molecule is CC(=O)/C=C(/C)O.Cc1cc(-c2cc(N(c3ccccc3)c3ccccc3)ccn2)[c-]c(C(F)(F)F)c1.[Pt]. The molecule has 0 radical (unpaired) electrons. The van der Waals surface area contributed by atoms with Gasteiger partial charge >= 0.3 is 6.18 Å². The van der Waals surface area contributed by atoms with Crippen LogP contribution >= 0.6 is 0 Å². The number of ketones is 1. The Kier molecular flexibility index (Phi) is 11.0. The molecular formula is C30H26F3N2O2Pt-. The molecule has 0 aliphatic heterocycles. The molecule has 1 aromatic heterocycles. The number of hydrogen-bond acceptors (Lipinski definition) is 4. The van der Waals surface area contributed by atoms with Crippen LogP contribution in [0.1, 0.15) is 25.0 Å². The van der Waals surface area contributed by atoms with Crippen molar-refractivity contribution in [2.75, 3.05) is 4.90 Å². The number of aliphatic hydroxyl groups is 1. The van der Waals surface area contributed by atoms with Crippen molar-refractivity contribution < 1.29 is 44.1 Å². The molecule has 0 fully saturated rings. The van der Waals surface area contributed by atoms with Crippen molar-refractivity contribution >= 4 is 22.8 Å². The van der Waals surface area contributed by atoms with Gasteiger partial charge in [0.1, 0.15) is 0 Å². The Bertz CT molecular complexity index is 1330. The van der Waals surface area contributed by atoms with Crippen molar-refractivity contribution in [1.29, 1.82) is 0 Å². The molecule has 1 N–H and O–H groups in total. The molecular weight excluding hydrogens is 672 g/mol. The molecule has 0 saturated heterocycles. The standard InChI is InChI=1S/C25H18F3N2.C5H8O2.Pt/c1-18-14-19(16-20(15-18)25(26,27)28)24-17-23(12-13-29-24)30(21-8-4-2-5-9-21)22-10-6-3-7-11-22;1-4(6)3-5(2)7;/h2-15,17H,1H3;3,6H,1-2H3;/q-1;;/b;4-3-;. The first-order valence-corrected chi connectivity index (χ1v) is 11.4. The Morgan fingerprint density at radius 1 is 0.895 bits per heavy atom. The largest absolute Gasteiger partial charge is 0.512 e. The van der Waals surface area contributed by atoms with Crippen LogP contribution < -0.4 is 4.90 Å². The van der Waals surface area contributed by atoms with Crippen LogP contribution in [-0.2, 0) is 32.0 Å². The molecule has 38 heavy (non-hydrogen) atoms. The maximum atomic E-state index is 13.3. The number of pyridine rings is 1. The number of aryl methyl sites for hydroxylation is 1. The van der Waals surface area contributed by atoms with E-state index in [-0.39, 0.29) is 32.6 Å². The van der Waals surface area contributed by atoms with Gasteiger partial charge in [0.2, 0.25) is 0 Å². The van der Waals surface area contributed by atoms with Gasteiger partial charge in [0.15, 0.2) is 5.78 Å². The van der Waals surface area contributed by atoms with Gasteiger partial charge in [-0.05, 0) is 55.4 Å². The fraction of sp³-hybridized carbons (Fsp3) is 0.133. The fourth-order valence-corrected chi connectivity index (χ4v) is 3.61. The summed E-state index contributed by atoms with van der Waals surface area (Å²) in [5, 5.41) is 8.36. The van der Waals surface area contributed by atoms with Crippen molar-refractivity contribution in [3.63, 3.8) is 0 Å². The van der Waals surface area contributed by atoms with E-state index >= 15 is 0 Å². The second-order valence-electron chi connectivity index (χ2n) is 8.28. The monoisotopic (exact) mass is 698 g/mol. The first-order valence-electron chi connectivity index (χ1n) is 11.4. The third-order valence-electron chi connectivity index (χ3n) is 5.04. The molecule has 0 aliphatic carbocycles. The quantitative estimate of drug-likeness (QED) is 0.129. The summed E-state index contributed by atoms with van der Waals surface area (Å²) in [5.41, 5.74) is 3.11. The predicted octanol–water partition coefficient (Wildman–Crippen LogP) is 8.38. The number of para-hydroxylation sites is 2. The van der Waals surface area contributed by atoms with Gasteiger partial charge in [-0.15, -0.1) is 29.3 Å². The number of halogens is 3. The second kappa shape index (κ2) is 13.7. The summed E-state index contributed by atoms with van der Waals surface area (Å²) < 4.78 is 39.8. The van der Waals surface area contributed by atoms with Gasteiger partial charge < -0.3 is 15.0 Å². The van der Waals surface area contributed by atoms with Crippen LogP contribution in [0.15, 0.2) is 103 Å². The summed E-state index contributed by atoms with van der Waals surface area (Å²) in [6.07, 6.45) is -1.69. The van der Waals surface area contributed by atoms with Crippen molar-refractivity contribution in [2.24, 2.45) is 0 Å². The van der Waals surface area contributed by atoms with Gasteiger partial charge in [-0.25, -0.2) is 0 Å². The summed E-state index contributed by atoms with van der Waals surface area (Å²) in [5.74, 6) is -0.0625. The van der Waals surface area contributed by atoms with Crippen molar-refractivity contribution in [2.45, 2.75) is 26.9 Å². The maximum Gasteiger partial charge on any atom is 0.399 e.